The predicted octanol–water partition coefficient (Wildman–Crippen LogP) is 2.55. The minimum absolute atomic E-state index is 0.00750. The van der Waals surface area contributed by atoms with Crippen molar-refractivity contribution in [3.8, 4) is 5.88 Å². The highest BCUT2D eigenvalue weighted by atomic mass is 35.5. The molecule has 204 valence electrons. The van der Waals surface area contributed by atoms with E-state index in [1.54, 1.807) is 29.4 Å². The first kappa shape index (κ1) is 25.9. The number of hydrogen-bond donors (Lipinski definition) is 1. The summed E-state index contributed by atoms with van der Waals surface area (Å²) in [7, 11) is 0. The third-order valence-electron chi connectivity index (χ3n) is 7.99. The van der Waals surface area contributed by atoms with Crippen molar-refractivity contribution in [2.24, 2.45) is 17.8 Å². The Morgan fingerprint density at radius 2 is 1.92 bits per heavy atom. The van der Waals surface area contributed by atoms with Crippen LogP contribution in [0.1, 0.15) is 43.0 Å². The number of ether oxygens (including phenoxy) is 1. The number of rotatable bonds is 9. The second-order valence-corrected chi connectivity index (χ2v) is 11.9. The van der Waals surface area contributed by atoms with Gasteiger partial charge in [0.25, 0.3) is 0 Å². The van der Waals surface area contributed by atoms with Crippen LogP contribution in [-0.2, 0) is 22.7 Å². The van der Waals surface area contributed by atoms with E-state index < -0.39 is 10.4 Å². The van der Waals surface area contributed by atoms with Gasteiger partial charge in [-0.1, -0.05) is 6.92 Å². The minimum atomic E-state index is -0.815. The van der Waals surface area contributed by atoms with Gasteiger partial charge in [0.2, 0.25) is 17.7 Å². The highest BCUT2D eigenvalue weighted by molar-refractivity contribution is 6.51. The molecule has 2 aliphatic carbocycles. The maximum Gasteiger partial charge on any atom is 0.245 e. The van der Waals surface area contributed by atoms with Crippen molar-refractivity contribution < 1.29 is 19.1 Å². The van der Waals surface area contributed by atoms with Gasteiger partial charge in [0.1, 0.15) is 29.2 Å². The van der Waals surface area contributed by atoms with Crippen molar-refractivity contribution in [2.45, 2.75) is 56.3 Å². The zero-order valence-electron chi connectivity index (χ0n) is 21.4. The van der Waals surface area contributed by atoms with E-state index in [1.807, 2.05) is 6.92 Å². The summed E-state index contributed by atoms with van der Waals surface area (Å²) < 4.78 is 6.36. The fourth-order valence-corrected chi connectivity index (χ4v) is 6.23. The lowest BCUT2D eigenvalue weighted by Gasteiger charge is -2.27. The van der Waals surface area contributed by atoms with Crippen LogP contribution in [0.15, 0.2) is 30.7 Å². The zero-order valence-corrected chi connectivity index (χ0v) is 22.9. The third kappa shape index (κ3) is 4.82. The molecule has 3 aromatic heterocycles. The smallest absolute Gasteiger partial charge is 0.245 e. The number of alkyl halides is 2. The molecular weight excluding hydrogens is 545 g/mol. The molecule has 1 aliphatic heterocycles. The Morgan fingerprint density at radius 3 is 2.62 bits per heavy atom. The van der Waals surface area contributed by atoms with Crippen molar-refractivity contribution in [3.63, 3.8) is 0 Å². The Labute approximate surface area is 234 Å². The van der Waals surface area contributed by atoms with Crippen LogP contribution in [0.5, 0.6) is 5.88 Å². The fourth-order valence-electron chi connectivity index (χ4n) is 5.52. The number of likely N-dealkylation sites (tertiary alicyclic amines) is 1. The number of carbonyl (C=O) groups excluding carboxylic acids is 3. The molecule has 4 heterocycles. The first-order chi connectivity index (χ1) is 18.6. The predicted molar refractivity (Wildman–Crippen MR) is 141 cm³/mol. The average Bonchev–Trinajstić information content (AvgIpc) is 3.63. The number of aromatic nitrogens is 5. The van der Waals surface area contributed by atoms with E-state index in [0.717, 1.165) is 6.42 Å². The van der Waals surface area contributed by atoms with Gasteiger partial charge in [-0.2, -0.15) is 5.10 Å². The molecule has 3 aliphatic rings. The maximum atomic E-state index is 13.5. The number of ketones is 1. The number of nitrogens with one attached hydrogen (secondary N) is 1. The molecular formula is C26H27Cl2N7O4. The zero-order chi connectivity index (χ0) is 27.5. The first-order valence-corrected chi connectivity index (χ1v) is 13.6. The monoisotopic (exact) mass is 571 g/mol. The normalized spacial score (nSPS) is 26.3. The number of piperidine rings is 1. The average molecular weight is 572 g/mol. The highest BCUT2D eigenvalue weighted by Gasteiger charge is 2.60. The molecule has 2 amide bonds. The van der Waals surface area contributed by atoms with E-state index in [4.69, 9.17) is 27.9 Å². The second kappa shape index (κ2) is 9.71. The minimum Gasteiger partial charge on any atom is -0.469 e. The summed E-state index contributed by atoms with van der Waals surface area (Å²) in [5, 5.41) is 7.90. The van der Waals surface area contributed by atoms with Crippen LogP contribution in [0.3, 0.4) is 0 Å². The Kier molecular flexibility index (Phi) is 6.46. The number of halogens is 2. The number of fused-ring (bicyclic) bond motifs is 2. The quantitative estimate of drug-likeness (QED) is 0.306. The van der Waals surface area contributed by atoms with E-state index in [9.17, 15) is 14.4 Å². The van der Waals surface area contributed by atoms with Crippen molar-refractivity contribution in [3.05, 3.63) is 42.2 Å². The molecule has 13 heteroatoms. The number of hydrogen-bond acceptors (Lipinski definition) is 8. The molecule has 0 aromatic carbocycles. The summed E-state index contributed by atoms with van der Waals surface area (Å²) in [5.41, 5.74) is 0.734. The van der Waals surface area contributed by atoms with Crippen molar-refractivity contribution in [1.29, 1.82) is 0 Å². The SMILES string of the molecule is CC(=O)c1nn(CC(=O)N2C3C[C@@H]3C[C@H]2C(=O)NCC2C(C)C2(Cl)Cl)c2cnc(OCc3ncccn3)cc12. The summed E-state index contributed by atoms with van der Waals surface area (Å²) >= 11 is 12.5. The lowest BCUT2D eigenvalue weighted by atomic mass is 10.1. The van der Waals surface area contributed by atoms with Crippen molar-refractivity contribution >= 4 is 51.7 Å². The van der Waals surface area contributed by atoms with Crippen LogP contribution >= 0.6 is 23.2 Å². The molecule has 3 unspecified atom stereocenters. The Bertz CT molecular complexity index is 1460. The van der Waals surface area contributed by atoms with Gasteiger partial charge in [-0.3, -0.25) is 19.1 Å². The number of amides is 2. The standard InChI is InChI=1S/C26H27Cl2N7O4/c1-13-17(26(13,27)28)9-32-25(38)19-7-15-6-18(15)35(19)23(37)11-34-20-10-31-22(8-16(20)24(33-34)14(2)36)39-12-21-29-4-3-5-30-21/h3-5,8,10,13,15,17-19H,6-7,9,11-12H2,1-2H3,(H,32,38)/t13?,15-,17?,18?,19+/m1/s1. The van der Waals surface area contributed by atoms with E-state index in [-0.39, 0.29) is 60.2 Å². The summed E-state index contributed by atoms with van der Waals surface area (Å²) in [6.45, 7) is 3.72. The molecule has 2 saturated carbocycles. The van der Waals surface area contributed by atoms with Gasteiger partial charge in [0, 0.05) is 49.3 Å². The van der Waals surface area contributed by atoms with Gasteiger partial charge in [-0.25, -0.2) is 15.0 Å². The first-order valence-electron chi connectivity index (χ1n) is 12.9. The summed E-state index contributed by atoms with van der Waals surface area (Å²) in [6, 6.07) is 2.82. The Hall–Kier alpha value is -3.31. The molecule has 1 N–H and O–H groups in total. The van der Waals surface area contributed by atoms with Crippen LogP contribution in [0, 0.1) is 17.8 Å². The van der Waals surface area contributed by atoms with Crippen molar-refractivity contribution in [2.75, 3.05) is 6.54 Å². The van der Waals surface area contributed by atoms with Crippen LogP contribution in [0.25, 0.3) is 10.9 Å². The molecule has 0 bridgehead atoms. The molecule has 0 spiro atoms. The molecule has 3 fully saturated rings. The molecule has 11 nitrogen and oxygen atoms in total. The van der Waals surface area contributed by atoms with E-state index >= 15 is 0 Å². The summed E-state index contributed by atoms with van der Waals surface area (Å²) in [6.07, 6.45) is 6.27. The molecule has 1 saturated heterocycles. The maximum absolute atomic E-state index is 13.5. The van der Waals surface area contributed by atoms with Gasteiger partial charge in [-0.15, -0.1) is 23.2 Å². The second-order valence-electron chi connectivity index (χ2n) is 10.5. The lowest BCUT2D eigenvalue weighted by molar-refractivity contribution is -0.140. The van der Waals surface area contributed by atoms with Crippen molar-refractivity contribution in [1.82, 2.24) is 34.9 Å². The third-order valence-corrected chi connectivity index (χ3v) is 9.23. The van der Waals surface area contributed by atoms with E-state index in [0.29, 0.717) is 35.6 Å². The van der Waals surface area contributed by atoms with Gasteiger partial charge in [0.05, 0.1) is 11.7 Å². The molecule has 6 rings (SSSR count). The van der Waals surface area contributed by atoms with Crippen LogP contribution in [0.2, 0.25) is 0 Å². The van der Waals surface area contributed by atoms with Gasteiger partial charge in [-0.05, 0) is 30.7 Å². The Balaban J connectivity index is 1.17. The van der Waals surface area contributed by atoms with Crippen LogP contribution in [-0.4, -0.2) is 70.2 Å². The van der Waals surface area contributed by atoms with Crippen LogP contribution < -0.4 is 10.1 Å². The van der Waals surface area contributed by atoms with E-state index in [2.05, 4.69) is 25.4 Å². The molecule has 39 heavy (non-hydrogen) atoms. The van der Waals surface area contributed by atoms with E-state index in [1.165, 1.54) is 17.8 Å². The van der Waals surface area contributed by atoms with Crippen LogP contribution in [0.4, 0.5) is 0 Å². The topological polar surface area (TPSA) is 132 Å². The lowest BCUT2D eigenvalue weighted by Crippen LogP contribution is -2.49. The Morgan fingerprint density at radius 1 is 1.18 bits per heavy atom. The highest BCUT2D eigenvalue weighted by Crippen LogP contribution is 2.58. The largest absolute Gasteiger partial charge is 0.469 e. The number of Topliss-reactive ketones (excluding diaryl/α,β-unsaturated/α-hetero) is 1. The van der Waals surface area contributed by atoms with Gasteiger partial charge >= 0.3 is 0 Å². The number of carbonyl (C=O) groups is 3. The number of nitrogens with zero attached hydrogens (tertiary/aromatic N) is 6. The van der Waals surface area contributed by atoms with Gasteiger partial charge in [0.15, 0.2) is 11.6 Å². The number of pyridine rings is 1. The fraction of sp³-hybridized carbons (Fsp3) is 0.500. The van der Waals surface area contributed by atoms with Gasteiger partial charge < -0.3 is 15.0 Å². The summed E-state index contributed by atoms with van der Waals surface area (Å²) in [4.78, 5) is 53.2. The summed E-state index contributed by atoms with van der Waals surface area (Å²) in [5.74, 6) is 0.512. The molecule has 3 aromatic rings. The molecule has 0 radical (unpaired) electrons. The molecule has 5 atom stereocenters.